The van der Waals surface area contributed by atoms with E-state index in [4.69, 9.17) is 5.26 Å². The molecule has 0 bridgehead atoms. The molecular weight excluding hydrogens is 248 g/mol. The van der Waals surface area contributed by atoms with Crippen molar-refractivity contribution >= 4 is 0 Å². The first-order valence-electron chi connectivity index (χ1n) is 7.68. The van der Waals surface area contributed by atoms with Crippen molar-refractivity contribution in [2.75, 3.05) is 13.1 Å². The van der Waals surface area contributed by atoms with E-state index in [2.05, 4.69) is 11.4 Å². The Morgan fingerprint density at radius 3 is 2.55 bits per heavy atom. The van der Waals surface area contributed by atoms with Crippen LogP contribution < -0.4 is 5.32 Å². The van der Waals surface area contributed by atoms with Crippen LogP contribution in [0.1, 0.15) is 55.8 Å². The fraction of sp³-hybridized carbons (Fsp3) is 0.588. The Hall–Kier alpha value is -1.37. The van der Waals surface area contributed by atoms with E-state index >= 15 is 0 Å². The Kier molecular flexibility index (Phi) is 6.04. The molecule has 3 nitrogen and oxygen atoms in total. The summed E-state index contributed by atoms with van der Waals surface area (Å²) < 4.78 is 0. The predicted octanol–water partition coefficient (Wildman–Crippen LogP) is 3.15. The van der Waals surface area contributed by atoms with Gasteiger partial charge in [-0.1, -0.05) is 44.2 Å². The first-order chi connectivity index (χ1) is 9.79. The molecule has 0 radical (unpaired) electrons. The lowest BCUT2D eigenvalue weighted by atomic mass is 9.87. The van der Waals surface area contributed by atoms with Crippen LogP contribution in [0.5, 0.6) is 0 Å². The molecule has 1 aliphatic rings. The van der Waals surface area contributed by atoms with Crippen molar-refractivity contribution in [2.24, 2.45) is 5.92 Å². The summed E-state index contributed by atoms with van der Waals surface area (Å²) in [6.45, 7) is 1.57. The third kappa shape index (κ3) is 4.63. The highest BCUT2D eigenvalue weighted by molar-refractivity contribution is 5.32. The van der Waals surface area contributed by atoms with Crippen molar-refractivity contribution in [3.05, 3.63) is 35.4 Å². The Morgan fingerprint density at radius 1 is 1.20 bits per heavy atom. The number of nitrogens with one attached hydrogen (secondary N) is 1. The van der Waals surface area contributed by atoms with E-state index in [1.807, 2.05) is 12.1 Å². The highest BCUT2D eigenvalue weighted by Crippen LogP contribution is 2.25. The molecule has 1 atom stereocenters. The molecule has 1 unspecified atom stereocenters. The number of nitriles is 1. The van der Waals surface area contributed by atoms with Crippen molar-refractivity contribution < 1.29 is 5.11 Å². The molecule has 1 aromatic carbocycles. The van der Waals surface area contributed by atoms with Gasteiger partial charge in [0.25, 0.3) is 0 Å². The normalized spacial score (nSPS) is 17.6. The summed E-state index contributed by atoms with van der Waals surface area (Å²) in [7, 11) is 0. The Balaban J connectivity index is 1.66. The summed E-state index contributed by atoms with van der Waals surface area (Å²) in [5, 5.41) is 22.2. The molecule has 1 aliphatic carbocycles. The van der Waals surface area contributed by atoms with Crippen molar-refractivity contribution in [2.45, 2.75) is 44.6 Å². The quantitative estimate of drug-likeness (QED) is 0.782. The Bertz CT molecular complexity index is 429. The van der Waals surface area contributed by atoms with Crippen LogP contribution in [0, 0.1) is 17.2 Å². The van der Waals surface area contributed by atoms with Crippen LogP contribution in [0.15, 0.2) is 24.3 Å². The summed E-state index contributed by atoms with van der Waals surface area (Å²) in [6.07, 6.45) is 7.66. The van der Waals surface area contributed by atoms with Crippen molar-refractivity contribution in [3.8, 4) is 6.07 Å². The monoisotopic (exact) mass is 272 g/mol. The average Bonchev–Trinajstić information content (AvgIpc) is 2.52. The molecule has 0 saturated heterocycles. The smallest absolute Gasteiger partial charge is 0.0991 e. The second-order valence-electron chi connectivity index (χ2n) is 5.75. The largest absolute Gasteiger partial charge is 0.387 e. The highest BCUT2D eigenvalue weighted by atomic mass is 16.3. The zero-order valence-electron chi connectivity index (χ0n) is 12.0. The fourth-order valence-electron chi connectivity index (χ4n) is 2.92. The lowest BCUT2D eigenvalue weighted by Gasteiger charge is -2.21. The minimum atomic E-state index is -0.492. The number of nitrogens with zero attached hydrogens (tertiary/aromatic N) is 1. The molecule has 3 heteroatoms. The van der Waals surface area contributed by atoms with Gasteiger partial charge in [0.2, 0.25) is 0 Å². The van der Waals surface area contributed by atoms with Crippen LogP contribution in [0.25, 0.3) is 0 Å². The first kappa shape index (κ1) is 15.0. The summed E-state index contributed by atoms with van der Waals surface area (Å²) >= 11 is 0. The summed E-state index contributed by atoms with van der Waals surface area (Å²) in [5.74, 6) is 0.878. The van der Waals surface area contributed by atoms with Gasteiger partial charge in [-0.2, -0.15) is 5.26 Å². The number of hydrogen-bond donors (Lipinski definition) is 2. The number of aliphatic hydroxyl groups excluding tert-OH is 1. The van der Waals surface area contributed by atoms with Crippen LogP contribution in [-0.2, 0) is 0 Å². The van der Waals surface area contributed by atoms with E-state index in [0.29, 0.717) is 12.1 Å². The molecule has 0 aromatic heterocycles. The lowest BCUT2D eigenvalue weighted by Crippen LogP contribution is -2.24. The molecule has 1 aromatic rings. The van der Waals surface area contributed by atoms with Gasteiger partial charge in [0, 0.05) is 6.54 Å². The minimum Gasteiger partial charge on any atom is -0.387 e. The second kappa shape index (κ2) is 8.04. The van der Waals surface area contributed by atoms with Crippen LogP contribution >= 0.6 is 0 Å². The molecule has 2 rings (SSSR count). The van der Waals surface area contributed by atoms with Crippen molar-refractivity contribution in [1.82, 2.24) is 5.32 Å². The third-order valence-electron chi connectivity index (χ3n) is 4.22. The van der Waals surface area contributed by atoms with Gasteiger partial charge in [0.1, 0.15) is 0 Å². The number of hydrogen-bond acceptors (Lipinski definition) is 3. The van der Waals surface area contributed by atoms with Gasteiger partial charge >= 0.3 is 0 Å². The van der Waals surface area contributed by atoms with Crippen molar-refractivity contribution in [3.63, 3.8) is 0 Å². The van der Waals surface area contributed by atoms with Crippen LogP contribution in [-0.4, -0.2) is 18.2 Å². The average molecular weight is 272 g/mol. The second-order valence-corrected chi connectivity index (χ2v) is 5.75. The minimum absolute atomic E-state index is 0.492. The Labute approximate surface area is 121 Å². The number of benzene rings is 1. The maximum atomic E-state index is 10.1. The van der Waals surface area contributed by atoms with Gasteiger partial charge in [-0.3, -0.25) is 0 Å². The van der Waals surface area contributed by atoms with Gasteiger partial charge in [0.05, 0.1) is 17.7 Å². The SMILES string of the molecule is N#Cc1ccc(C(O)CNCCC2CCCCC2)cc1. The highest BCUT2D eigenvalue weighted by Gasteiger charge is 2.13. The Morgan fingerprint density at radius 2 is 1.90 bits per heavy atom. The van der Waals surface area contributed by atoms with E-state index in [1.54, 1.807) is 12.1 Å². The predicted molar refractivity (Wildman–Crippen MR) is 80.2 cm³/mol. The zero-order chi connectivity index (χ0) is 14.2. The van der Waals surface area contributed by atoms with E-state index in [0.717, 1.165) is 18.0 Å². The van der Waals surface area contributed by atoms with Crippen molar-refractivity contribution in [1.29, 1.82) is 5.26 Å². The van der Waals surface area contributed by atoms with E-state index in [1.165, 1.54) is 38.5 Å². The molecule has 1 saturated carbocycles. The molecule has 2 N–H and O–H groups in total. The topological polar surface area (TPSA) is 56.0 Å². The first-order valence-corrected chi connectivity index (χ1v) is 7.68. The van der Waals surface area contributed by atoms with E-state index in [9.17, 15) is 5.11 Å². The number of rotatable bonds is 6. The van der Waals surface area contributed by atoms with Gasteiger partial charge in [-0.25, -0.2) is 0 Å². The number of aliphatic hydroxyl groups is 1. The standard InChI is InChI=1S/C17H24N2O/c18-12-15-6-8-16(9-7-15)17(20)13-19-11-10-14-4-2-1-3-5-14/h6-9,14,17,19-20H,1-5,10-11,13H2. The molecule has 0 spiro atoms. The molecule has 20 heavy (non-hydrogen) atoms. The van der Waals surface area contributed by atoms with Crippen LogP contribution in [0.2, 0.25) is 0 Å². The molecule has 1 fully saturated rings. The summed E-state index contributed by atoms with van der Waals surface area (Å²) in [5.41, 5.74) is 1.50. The van der Waals surface area contributed by atoms with Gasteiger partial charge in [-0.15, -0.1) is 0 Å². The summed E-state index contributed by atoms with van der Waals surface area (Å²) in [4.78, 5) is 0. The van der Waals surface area contributed by atoms with E-state index < -0.39 is 6.10 Å². The van der Waals surface area contributed by atoms with Crippen LogP contribution in [0.3, 0.4) is 0 Å². The maximum absolute atomic E-state index is 10.1. The van der Waals surface area contributed by atoms with Gasteiger partial charge in [-0.05, 0) is 36.6 Å². The molecular formula is C17H24N2O. The third-order valence-corrected chi connectivity index (χ3v) is 4.22. The molecule has 108 valence electrons. The summed E-state index contributed by atoms with van der Waals surface area (Å²) in [6, 6.07) is 9.24. The van der Waals surface area contributed by atoms with Gasteiger partial charge < -0.3 is 10.4 Å². The fourth-order valence-corrected chi connectivity index (χ4v) is 2.92. The molecule has 0 heterocycles. The lowest BCUT2D eigenvalue weighted by molar-refractivity contribution is 0.173. The zero-order valence-corrected chi connectivity index (χ0v) is 12.0. The van der Waals surface area contributed by atoms with Crippen LogP contribution in [0.4, 0.5) is 0 Å². The molecule has 0 amide bonds. The molecule has 0 aliphatic heterocycles. The maximum Gasteiger partial charge on any atom is 0.0991 e. The van der Waals surface area contributed by atoms with Gasteiger partial charge in [0.15, 0.2) is 0 Å². The van der Waals surface area contributed by atoms with E-state index in [-0.39, 0.29) is 0 Å².